The van der Waals surface area contributed by atoms with E-state index in [0.717, 1.165) is 12.0 Å². The molecule has 8 rings (SSSR count). The third-order valence-electron chi connectivity index (χ3n) is 17.6. The van der Waals surface area contributed by atoms with Crippen LogP contribution in [0, 0.1) is 68.0 Å². The highest BCUT2D eigenvalue weighted by Crippen LogP contribution is 2.79. The van der Waals surface area contributed by atoms with Crippen LogP contribution < -0.4 is 0 Å². The predicted octanol–water partition coefficient (Wildman–Crippen LogP) is 4.08. The Labute approximate surface area is 330 Å². The van der Waals surface area contributed by atoms with Crippen molar-refractivity contribution in [3.8, 4) is 0 Å². The highest BCUT2D eigenvalue weighted by Gasteiger charge is 2.76. The van der Waals surface area contributed by atoms with Crippen LogP contribution in [0.2, 0.25) is 0 Å². The average Bonchev–Trinajstić information content (AvgIpc) is 3.17. The monoisotopic (exact) mass is 780 g/mol. The van der Waals surface area contributed by atoms with Gasteiger partial charge in [-0.1, -0.05) is 88.8 Å². The molecule has 0 amide bonds. The molecule has 1 saturated heterocycles. The predicted molar refractivity (Wildman–Crippen MR) is 205 cm³/mol. The number of hydrogen-bond acceptors (Lipinski definition) is 10. The number of aliphatic carboxylic acids is 1. The molecular formula is C45H64O11. The van der Waals surface area contributed by atoms with Crippen molar-refractivity contribution in [3.05, 3.63) is 59.7 Å². The number of benzene rings is 1. The smallest absolute Gasteiger partial charge is 0.310 e. The van der Waals surface area contributed by atoms with Crippen LogP contribution in [0.1, 0.15) is 78.7 Å². The van der Waals surface area contributed by atoms with Gasteiger partial charge in [-0.3, -0.25) is 4.79 Å². The minimum atomic E-state index is -1.51. The van der Waals surface area contributed by atoms with Crippen LogP contribution in [0.4, 0.5) is 0 Å². The molecular weight excluding hydrogens is 716 g/mol. The van der Waals surface area contributed by atoms with Crippen molar-refractivity contribution < 1.29 is 54.8 Å². The first-order chi connectivity index (χ1) is 26.5. The zero-order chi connectivity index (χ0) is 40.2. The summed E-state index contributed by atoms with van der Waals surface area (Å²) in [5.41, 5.74) is -1.51. The average molecular weight is 781 g/mol. The van der Waals surface area contributed by atoms with Crippen LogP contribution in [0.15, 0.2) is 54.1 Å². The van der Waals surface area contributed by atoms with Gasteiger partial charge in [-0.25, -0.2) is 0 Å². The summed E-state index contributed by atoms with van der Waals surface area (Å²) < 4.78 is 19.6. The van der Waals surface area contributed by atoms with Gasteiger partial charge >= 0.3 is 5.97 Å². The van der Waals surface area contributed by atoms with Crippen molar-refractivity contribution in [2.24, 2.45) is 68.0 Å². The van der Waals surface area contributed by atoms with E-state index in [2.05, 4.69) is 52.8 Å². The van der Waals surface area contributed by atoms with Gasteiger partial charge in [0.25, 0.3) is 0 Å². The molecule has 4 bridgehead atoms. The molecule has 4 saturated carbocycles. The molecule has 0 spiro atoms. The molecule has 56 heavy (non-hydrogen) atoms. The largest absolute Gasteiger partial charge is 0.481 e. The van der Waals surface area contributed by atoms with E-state index in [-0.39, 0.29) is 68.0 Å². The van der Waals surface area contributed by atoms with Crippen molar-refractivity contribution in [1.29, 1.82) is 0 Å². The fourth-order valence-corrected chi connectivity index (χ4v) is 14.6. The standard InChI is InChI=1S/C45H64O11/c1-40(23-47)15-16-45(39(52)53)27(20-46)18-42(3)28(30(45)19-40)13-14-32-43(42,4)17-26-11-12-29-35(54-21-25-9-7-6-8-10-25)37(41(2,24-48)36(26)44(29,32)5)56-38-34(51)33(50)31(49)22-55-38/h6-13,26-27,29-38,46-51H,14-24H2,1-5H3,(H,52,53)/t26-,27-,29-,30+,31-,32-,33+,34-,35-,36-,37-,38-,40-,41+,42+,43-,44-,45-/m1/s1. The molecule has 0 aromatic heterocycles. The van der Waals surface area contributed by atoms with E-state index in [1.807, 2.05) is 30.3 Å². The maximum absolute atomic E-state index is 13.5. The first-order valence-electron chi connectivity index (χ1n) is 20.9. The second-order valence-electron chi connectivity index (χ2n) is 20.2. The zero-order valence-electron chi connectivity index (χ0n) is 33.6. The van der Waals surface area contributed by atoms with Gasteiger partial charge < -0.3 is 50.0 Å². The zero-order valence-corrected chi connectivity index (χ0v) is 33.6. The summed E-state index contributed by atoms with van der Waals surface area (Å²) in [5, 5.41) is 76.4. The fourth-order valence-electron chi connectivity index (χ4n) is 14.6. The first kappa shape index (κ1) is 40.6. The topological polar surface area (TPSA) is 186 Å². The third-order valence-corrected chi connectivity index (χ3v) is 17.6. The quantitative estimate of drug-likeness (QED) is 0.142. The molecule has 11 nitrogen and oxygen atoms in total. The molecule has 18 atom stereocenters. The van der Waals surface area contributed by atoms with Crippen LogP contribution in [-0.4, -0.2) is 105 Å². The van der Waals surface area contributed by atoms with Gasteiger partial charge in [0.05, 0.1) is 37.4 Å². The highest BCUT2D eigenvalue weighted by molar-refractivity contribution is 5.77. The third kappa shape index (κ3) is 5.44. The number of carboxylic acid groups (broad SMARTS) is 1. The summed E-state index contributed by atoms with van der Waals surface area (Å²) in [7, 11) is 0. The van der Waals surface area contributed by atoms with E-state index in [9.17, 15) is 40.5 Å². The lowest BCUT2D eigenvalue weighted by Crippen LogP contribution is -2.75. The van der Waals surface area contributed by atoms with Crippen molar-refractivity contribution in [2.75, 3.05) is 26.4 Å². The Balaban J connectivity index is 1.25. The number of aliphatic hydroxyl groups is 6. The Morgan fingerprint density at radius 3 is 2.30 bits per heavy atom. The lowest BCUT2D eigenvalue weighted by Gasteiger charge is -2.76. The van der Waals surface area contributed by atoms with Crippen molar-refractivity contribution in [1.82, 2.24) is 0 Å². The van der Waals surface area contributed by atoms with Crippen LogP contribution in [-0.2, 0) is 25.6 Å². The second kappa shape index (κ2) is 13.9. The summed E-state index contributed by atoms with van der Waals surface area (Å²) >= 11 is 0. The summed E-state index contributed by atoms with van der Waals surface area (Å²) in [5.74, 6) is -1.82. The second-order valence-corrected chi connectivity index (χ2v) is 20.2. The van der Waals surface area contributed by atoms with E-state index in [1.165, 1.54) is 5.57 Å². The van der Waals surface area contributed by atoms with E-state index in [1.54, 1.807) is 0 Å². The first-order valence-corrected chi connectivity index (χ1v) is 20.9. The number of hydrogen-bond donors (Lipinski definition) is 7. The van der Waals surface area contributed by atoms with E-state index >= 15 is 0 Å². The molecule has 7 N–H and O–H groups in total. The summed E-state index contributed by atoms with van der Waals surface area (Å²) in [4.78, 5) is 13.5. The Bertz CT molecular complexity index is 1720. The number of aliphatic hydroxyl groups excluding tert-OH is 6. The normalized spacial score (nSPS) is 51.9. The van der Waals surface area contributed by atoms with Crippen molar-refractivity contribution in [2.45, 2.75) is 117 Å². The number of ether oxygens (including phenoxy) is 3. The summed E-state index contributed by atoms with van der Waals surface area (Å²) in [6, 6.07) is 9.89. The molecule has 6 aliphatic carbocycles. The molecule has 7 aliphatic rings. The number of carboxylic acids is 1. The van der Waals surface area contributed by atoms with Gasteiger partial charge in [0.2, 0.25) is 0 Å². The molecule has 1 aliphatic heterocycles. The molecule has 1 heterocycles. The number of carbonyl (C=O) groups is 1. The van der Waals surface area contributed by atoms with Gasteiger partial charge in [-0.2, -0.15) is 0 Å². The number of fused-ring (bicyclic) bond motifs is 5. The Morgan fingerprint density at radius 2 is 1.64 bits per heavy atom. The molecule has 0 radical (unpaired) electrons. The van der Waals surface area contributed by atoms with Crippen molar-refractivity contribution >= 4 is 5.97 Å². The molecule has 5 fully saturated rings. The van der Waals surface area contributed by atoms with Gasteiger partial charge in [0.1, 0.15) is 18.3 Å². The van der Waals surface area contributed by atoms with Crippen LogP contribution in [0.25, 0.3) is 0 Å². The summed E-state index contributed by atoms with van der Waals surface area (Å²) in [6.07, 6.45) is 3.70. The fraction of sp³-hybridized carbons (Fsp3) is 0.756. The highest BCUT2D eigenvalue weighted by atomic mass is 16.7. The number of rotatable bonds is 9. The van der Waals surface area contributed by atoms with Gasteiger partial charge in [0.15, 0.2) is 6.29 Å². The van der Waals surface area contributed by atoms with Gasteiger partial charge in [0, 0.05) is 24.5 Å². The Morgan fingerprint density at radius 1 is 0.911 bits per heavy atom. The van der Waals surface area contributed by atoms with E-state index < -0.39 is 75.8 Å². The Kier molecular flexibility index (Phi) is 10.1. The lowest BCUT2D eigenvalue weighted by molar-refractivity contribution is -0.346. The van der Waals surface area contributed by atoms with E-state index in [0.29, 0.717) is 32.1 Å². The van der Waals surface area contributed by atoms with Crippen LogP contribution >= 0.6 is 0 Å². The molecule has 1 aromatic carbocycles. The number of allylic oxidation sites excluding steroid dienone is 3. The van der Waals surface area contributed by atoms with Crippen molar-refractivity contribution in [3.63, 3.8) is 0 Å². The molecule has 1 aromatic rings. The maximum atomic E-state index is 13.5. The molecule has 11 heteroatoms. The SMILES string of the molecule is C[C@@]1(CO)CC[C@@]2(C(=O)O)[C@@H](CO)C[C@@]3(C)C(=CC[C@H]4[C@@]5(C)[C@@H]6C=C[C@H](C[C@]43C)[C@@H]5[C@](C)(CO)[C@H](O[C@H]3OC[C@@H](O)[C@H](O)[C@H]3O)[C@@H]6OCc3ccccc3)[C@@H]2C1. The van der Waals surface area contributed by atoms with E-state index in [4.69, 9.17) is 14.2 Å². The van der Waals surface area contributed by atoms with Crippen LogP contribution in [0.5, 0.6) is 0 Å². The summed E-state index contributed by atoms with van der Waals surface area (Å²) in [6.45, 7) is 10.8. The Hall–Kier alpha value is -2.19. The minimum absolute atomic E-state index is 0.00408. The minimum Gasteiger partial charge on any atom is -0.481 e. The van der Waals surface area contributed by atoms with Gasteiger partial charge in [-0.05, 0) is 95.3 Å². The van der Waals surface area contributed by atoms with Crippen LogP contribution in [0.3, 0.4) is 0 Å². The maximum Gasteiger partial charge on any atom is 0.310 e. The van der Waals surface area contributed by atoms with Gasteiger partial charge in [-0.15, -0.1) is 0 Å². The lowest BCUT2D eigenvalue weighted by atomic mass is 9.29. The molecule has 0 unspecified atom stereocenters. The molecule has 310 valence electrons.